The Morgan fingerprint density at radius 3 is 2.47 bits per heavy atom. The summed E-state index contributed by atoms with van der Waals surface area (Å²) in [6, 6.07) is 0. The minimum Gasteiger partial charge on any atom is -0.381 e. The third-order valence-corrected chi connectivity index (χ3v) is 5.29. The van der Waals surface area contributed by atoms with E-state index in [1.54, 1.807) is 4.31 Å². The summed E-state index contributed by atoms with van der Waals surface area (Å²) in [5.74, 6) is 0.776. The molecular weight excluding hydrogens is 288 g/mol. The molecule has 1 fully saturated rings. The van der Waals surface area contributed by atoms with Crippen LogP contribution in [0.2, 0.25) is 0 Å². The molecule has 0 saturated carbocycles. The van der Waals surface area contributed by atoms with Crippen LogP contribution in [-0.4, -0.2) is 58.4 Å². The molecule has 1 N–H and O–H groups in total. The molecule has 0 bridgehead atoms. The standard InChI is InChI=1S/C12H26N2O3S.ClH/c1-3-17-10-11-18(15,16)14-8-5-12(6-9-14)4-7-13-2;/h12-13H,3-11H2,1-2H3;1H. The van der Waals surface area contributed by atoms with Crippen LogP contribution in [0, 0.1) is 5.92 Å². The van der Waals surface area contributed by atoms with Crippen molar-refractivity contribution in [1.29, 1.82) is 0 Å². The number of hydrogen-bond donors (Lipinski definition) is 1. The van der Waals surface area contributed by atoms with E-state index in [9.17, 15) is 8.42 Å². The predicted molar refractivity (Wildman–Crippen MR) is 80.4 cm³/mol. The normalized spacial score (nSPS) is 18.2. The molecule has 5 nitrogen and oxygen atoms in total. The summed E-state index contributed by atoms with van der Waals surface area (Å²) in [5.41, 5.74) is 0. The van der Waals surface area contributed by atoms with Crippen molar-refractivity contribution in [3.05, 3.63) is 0 Å². The first-order valence-electron chi connectivity index (χ1n) is 6.80. The Morgan fingerprint density at radius 1 is 1.32 bits per heavy atom. The molecule has 1 heterocycles. The highest BCUT2D eigenvalue weighted by Crippen LogP contribution is 2.22. The van der Waals surface area contributed by atoms with E-state index in [2.05, 4.69) is 5.32 Å². The summed E-state index contributed by atoms with van der Waals surface area (Å²) in [6.07, 6.45) is 3.11. The molecular formula is C12H27ClN2O3S. The highest BCUT2D eigenvalue weighted by Gasteiger charge is 2.27. The summed E-state index contributed by atoms with van der Waals surface area (Å²) in [5, 5.41) is 3.14. The zero-order valence-electron chi connectivity index (χ0n) is 11.9. The summed E-state index contributed by atoms with van der Waals surface area (Å²) in [6.45, 7) is 5.10. The Labute approximate surface area is 123 Å². The van der Waals surface area contributed by atoms with Gasteiger partial charge in [0.15, 0.2) is 0 Å². The Kier molecular flexibility index (Phi) is 10.00. The van der Waals surface area contributed by atoms with Gasteiger partial charge in [0.2, 0.25) is 10.0 Å². The van der Waals surface area contributed by atoms with Gasteiger partial charge in [-0.1, -0.05) is 0 Å². The fourth-order valence-electron chi connectivity index (χ4n) is 2.26. The zero-order chi connectivity index (χ0) is 13.4. The van der Waals surface area contributed by atoms with Gasteiger partial charge in [-0.2, -0.15) is 0 Å². The summed E-state index contributed by atoms with van der Waals surface area (Å²) >= 11 is 0. The van der Waals surface area contributed by atoms with Crippen LogP contribution in [-0.2, 0) is 14.8 Å². The second kappa shape index (κ2) is 9.94. The Bertz CT molecular complexity index is 317. The van der Waals surface area contributed by atoms with E-state index < -0.39 is 10.0 Å². The summed E-state index contributed by atoms with van der Waals surface area (Å²) in [4.78, 5) is 0. The van der Waals surface area contributed by atoms with E-state index >= 15 is 0 Å². The van der Waals surface area contributed by atoms with Crippen molar-refractivity contribution in [3.8, 4) is 0 Å². The molecule has 1 rings (SSSR count). The van der Waals surface area contributed by atoms with Crippen molar-refractivity contribution < 1.29 is 13.2 Å². The smallest absolute Gasteiger partial charge is 0.216 e. The van der Waals surface area contributed by atoms with Crippen molar-refractivity contribution in [2.24, 2.45) is 5.92 Å². The first-order valence-corrected chi connectivity index (χ1v) is 8.41. The van der Waals surface area contributed by atoms with Gasteiger partial charge in [-0.25, -0.2) is 12.7 Å². The van der Waals surface area contributed by atoms with E-state index in [1.165, 1.54) is 0 Å². The molecule has 0 aromatic carbocycles. The van der Waals surface area contributed by atoms with Crippen LogP contribution in [0.3, 0.4) is 0 Å². The van der Waals surface area contributed by atoms with Crippen LogP contribution in [0.5, 0.6) is 0 Å². The molecule has 0 aromatic heterocycles. The van der Waals surface area contributed by atoms with Crippen LogP contribution in [0.1, 0.15) is 26.2 Å². The van der Waals surface area contributed by atoms with Crippen molar-refractivity contribution in [2.45, 2.75) is 26.2 Å². The van der Waals surface area contributed by atoms with Crippen LogP contribution < -0.4 is 5.32 Å². The first-order chi connectivity index (χ1) is 8.60. The number of nitrogens with one attached hydrogen (secondary N) is 1. The lowest BCUT2D eigenvalue weighted by atomic mass is 9.95. The van der Waals surface area contributed by atoms with E-state index in [0.717, 1.165) is 25.8 Å². The lowest BCUT2D eigenvalue weighted by Crippen LogP contribution is -2.40. The van der Waals surface area contributed by atoms with Gasteiger partial charge in [-0.15, -0.1) is 12.4 Å². The Hall–Kier alpha value is 0.120. The molecule has 19 heavy (non-hydrogen) atoms. The van der Waals surface area contributed by atoms with E-state index in [-0.39, 0.29) is 18.2 Å². The molecule has 0 radical (unpaired) electrons. The topological polar surface area (TPSA) is 58.6 Å². The number of hydrogen-bond acceptors (Lipinski definition) is 4. The van der Waals surface area contributed by atoms with Crippen LogP contribution >= 0.6 is 12.4 Å². The Balaban J connectivity index is 0.00000324. The molecule has 7 heteroatoms. The largest absolute Gasteiger partial charge is 0.381 e. The molecule has 0 unspecified atom stereocenters. The fourth-order valence-corrected chi connectivity index (χ4v) is 3.62. The maximum atomic E-state index is 12.0. The SMILES string of the molecule is CCOCCS(=O)(=O)N1CCC(CCNC)CC1.Cl. The quantitative estimate of drug-likeness (QED) is 0.682. The lowest BCUT2D eigenvalue weighted by molar-refractivity contribution is 0.161. The summed E-state index contributed by atoms with van der Waals surface area (Å²) < 4.78 is 30.8. The van der Waals surface area contributed by atoms with Gasteiger partial charge in [0.05, 0.1) is 12.4 Å². The molecule has 1 aliphatic rings. The second-order valence-corrected chi connectivity index (χ2v) is 6.84. The van der Waals surface area contributed by atoms with Crippen LogP contribution in [0.4, 0.5) is 0 Å². The molecule has 1 aliphatic heterocycles. The minimum atomic E-state index is -3.11. The average Bonchev–Trinajstić information content (AvgIpc) is 2.37. The van der Waals surface area contributed by atoms with Crippen molar-refractivity contribution in [2.75, 3.05) is 45.6 Å². The molecule has 1 saturated heterocycles. The maximum Gasteiger partial charge on any atom is 0.216 e. The molecule has 0 spiro atoms. The number of rotatable bonds is 8. The first kappa shape index (κ1) is 19.1. The van der Waals surface area contributed by atoms with Gasteiger partial charge in [0.25, 0.3) is 0 Å². The highest BCUT2D eigenvalue weighted by atomic mass is 35.5. The van der Waals surface area contributed by atoms with Gasteiger partial charge in [0, 0.05) is 19.7 Å². The zero-order valence-corrected chi connectivity index (χ0v) is 13.6. The third-order valence-electron chi connectivity index (χ3n) is 3.46. The fraction of sp³-hybridized carbons (Fsp3) is 1.00. The van der Waals surface area contributed by atoms with Crippen molar-refractivity contribution in [1.82, 2.24) is 9.62 Å². The van der Waals surface area contributed by atoms with Gasteiger partial charge < -0.3 is 10.1 Å². The maximum absolute atomic E-state index is 12.0. The van der Waals surface area contributed by atoms with Crippen molar-refractivity contribution in [3.63, 3.8) is 0 Å². The van der Waals surface area contributed by atoms with E-state index in [4.69, 9.17) is 4.74 Å². The number of ether oxygens (including phenoxy) is 1. The predicted octanol–water partition coefficient (Wildman–Crippen LogP) is 1.10. The van der Waals surface area contributed by atoms with Crippen molar-refractivity contribution >= 4 is 22.4 Å². The van der Waals surface area contributed by atoms with Gasteiger partial charge in [0.1, 0.15) is 0 Å². The molecule has 0 atom stereocenters. The van der Waals surface area contributed by atoms with E-state index in [0.29, 0.717) is 32.2 Å². The second-order valence-electron chi connectivity index (χ2n) is 4.75. The third kappa shape index (κ3) is 6.90. The molecule has 116 valence electrons. The van der Waals surface area contributed by atoms with E-state index in [1.807, 2.05) is 14.0 Å². The molecule has 0 aromatic rings. The number of nitrogens with zero attached hydrogens (tertiary/aromatic N) is 1. The van der Waals surface area contributed by atoms with Gasteiger partial charge in [-0.05, 0) is 45.7 Å². The highest BCUT2D eigenvalue weighted by molar-refractivity contribution is 7.89. The van der Waals surface area contributed by atoms with Gasteiger partial charge in [-0.3, -0.25) is 0 Å². The average molecular weight is 315 g/mol. The van der Waals surface area contributed by atoms with Crippen LogP contribution in [0.25, 0.3) is 0 Å². The Morgan fingerprint density at radius 2 is 1.95 bits per heavy atom. The number of piperidine rings is 1. The minimum absolute atomic E-state index is 0. The summed E-state index contributed by atoms with van der Waals surface area (Å²) in [7, 11) is -1.16. The molecule has 0 aliphatic carbocycles. The van der Waals surface area contributed by atoms with Gasteiger partial charge >= 0.3 is 0 Å². The van der Waals surface area contributed by atoms with Crippen LogP contribution in [0.15, 0.2) is 0 Å². The number of sulfonamides is 1. The monoisotopic (exact) mass is 314 g/mol. The lowest BCUT2D eigenvalue weighted by Gasteiger charge is -2.31. The number of halogens is 1. The molecule has 0 amide bonds.